The summed E-state index contributed by atoms with van der Waals surface area (Å²) in [5, 5.41) is 0. The van der Waals surface area contributed by atoms with Crippen molar-refractivity contribution in [2.24, 2.45) is 0 Å². The third kappa shape index (κ3) is 2.93. The molecule has 1 unspecified atom stereocenters. The summed E-state index contributed by atoms with van der Waals surface area (Å²) in [6, 6.07) is 5.91. The smallest absolute Gasteiger partial charge is 0.325 e. The number of pyridine rings is 1. The van der Waals surface area contributed by atoms with Gasteiger partial charge < -0.3 is 4.90 Å². The minimum atomic E-state index is -4.55. The quantitative estimate of drug-likeness (QED) is 0.742. The average molecular weight is 425 g/mol. The summed E-state index contributed by atoms with van der Waals surface area (Å²) < 4.78 is 66.4. The van der Waals surface area contributed by atoms with Crippen LogP contribution in [0.4, 0.5) is 13.2 Å². The maximum atomic E-state index is 13.2. The van der Waals surface area contributed by atoms with E-state index in [0.29, 0.717) is 11.3 Å². The molecule has 0 saturated carbocycles. The first-order valence-corrected chi connectivity index (χ1v) is 10.4. The zero-order valence-electron chi connectivity index (χ0n) is 15.7. The Balaban J connectivity index is 1.71. The predicted molar refractivity (Wildman–Crippen MR) is 97.6 cm³/mol. The van der Waals surface area contributed by atoms with Gasteiger partial charge in [0.15, 0.2) is 0 Å². The third-order valence-corrected chi connectivity index (χ3v) is 7.57. The van der Waals surface area contributed by atoms with Gasteiger partial charge in [-0.15, -0.1) is 0 Å². The number of carbonyl (C=O) groups excluding carboxylic acids is 1. The van der Waals surface area contributed by atoms with Gasteiger partial charge in [0.1, 0.15) is 0 Å². The number of rotatable bonds is 2. The minimum absolute atomic E-state index is 0.0217. The number of alkyl halides is 3. The van der Waals surface area contributed by atoms with E-state index in [1.165, 1.54) is 11.2 Å². The van der Waals surface area contributed by atoms with E-state index in [4.69, 9.17) is 0 Å². The van der Waals surface area contributed by atoms with E-state index in [1.54, 1.807) is 30.2 Å². The average Bonchev–Trinajstić information content (AvgIpc) is 2.88. The van der Waals surface area contributed by atoms with E-state index in [2.05, 4.69) is 4.98 Å². The molecular formula is C19H18F3N3O3S. The second-order valence-corrected chi connectivity index (χ2v) is 9.35. The molecule has 1 aromatic heterocycles. The van der Waals surface area contributed by atoms with E-state index in [9.17, 15) is 26.4 Å². The van der Waals surface area contributed by atoms with Gasteiger partial charge in [0.25, 0.3) is 5.91 Å². The number of aromatic nitrogens is 1. The van der Waals surface area contributed by atoms with Gasteiger partial charge in [0, 0.05) is 25.8 Å². The lowest BCUT2D eigenvalue weighted by molar-refractivity contribution is -0.137. The van der Waals surface area contributed by atoms with Gasteiger partial charge in [0.05, 0.1) is 27.3 Å². The number of nitrogens with zero attached hydrogens (tertiary/aromatic N) is 3. The highest BCUT2D eigenvalue weighted by molar-refractivity contribution is 7.89. The number of aryl methyl sites for hydroxylation is 1. The van der Waals surface area contributed by atoms with E-state index < -0.39 is 27.3 Å². The molecule has 3 heterocycles. The fraction of sp³-hybridized carbons (Fsp3) is 0.368. The highest BCUT2D eigenvalue weighted by Gasteiger charge is 2.52. The van der Waals surface area contributed by atoms with Crippen molar-refractivity contribution in [1.29, 1.82) is 0 Å². The Morgan fingerprint density at radius 2 is 1.90 bits per heavy atom. The molecule has 6 nitrogen and oxygen atoms in total. The third-order valence-electron chi connectivity index (χ3n) is 5.57. The van der Waals surface area contributed by atoms with E-state index in [0.717, 1.165) is 18.2 Å². The molecule has 10 heteroatoms. The molecule has 0 aliphatic carbocycles. The summed E-state index contributed by atoms with van der Waals surface area (Å²) in [7, 11) is -4.05. The van der Waals surface area contributed by atoms with Crippen molar-refractivity contribution in [1.82, 2.24) is 14.2 Å². The summed E-state index contributed by atoms with van der Waals surface area (Å²) in [6.07, 6.45) is -3.00. The van der Waals surface area contributed by atoms with E-state index in [-0.39, 0.29) is 36.0 Å². The monoisotopic (exact) mass is 425 g/mol. The van der Waals surface area contributed by atoms with Crippen LogP contribution < -0.4 is 0 Å². The van der Waals surface area contributed by atoms with Crippen molar-refractivity contribution < 1.29 is 26.4 Å². The van der Waals surface area contributed by atoms with Crippen molar-refractivity contribution in [2.45, 2.75) is 30.5 Å². The zero-order valence-corrected chi connectivity index (χ0v) is 16.5. The zero-order chi connectivity index (χ0) is 21.2. The van der Waals surface area contributed by atoms with Gasteiger partial charge in [0.2, 0.25) is 10.0 Å². The Morgan fingerprint density at radius 1 is 1.17 bits per heavy atom. The Labute approximate surface area is 166 Å². The molecule has 0 N–H and O–H groups in total. The Hall–Kier alpha value is -2.46. The molecule has 1 saturated heterocycles. The summed E-state index contributed by atoms with van der Waals surface area (Å²) in [5.74, 6) is -0.196. The second kappa shape index (κ2) is 6.27. The van der Waals surface area contributed by atoms with Crippen LogP contribution in [0.1, 0.15) is 34.1 Å². The Kier molecular flexibility index (Phi) is 4.29. The lowest BCUT2D eigenvalue weighted by atomic mass is 9.95. The first kappa shape index (κ1) is 19.8. The molecule has 1 fully saturated rings. The molecule has 1 amide bonds. The van der Waals surface area contributed by atoms with Crippen molar-refractivity contribution in [2.75, 3.05) is 19.6 Å². The van der Waals surface area contributed by atoms with Gasteiger partial charge in [-0.1, -0.05) is 0 Å². The van der Waals surface area contributed by atoms with Crippen LogP contribution in [0.3, 0.4) is 0 Å². The molecule has 2 aromatic rings. The highest BCUT2D eigenvalue weighted by atomic mass is 32.2. The first-order chi connectivity index (χ1) is 13.5. The van der Waals surface area contributed by atoms with Crippen molar-refractivity contribution in [3.63, 3.8) is 0 Å². The Morgan fingerprint density at radius 3 is 2.55 bits per heavy atom. The van der Waals surface area contributed by atoms with Crippen LogP contribution in [-0.4, -0.2) is 48.1 Å². The summed E-state index contributed by atoms with van der Waals surface area (Å²) >= 11 is 0. The van der Waals surface area contributed by atoms with Crippen molar-refractivity contribution in [3.05, 3.63) is 58.9 Å². The second-order valence-electron chi connectivity index (χ2n) is 7.45. The van der Waals surface area contributed by atoms with E-state index >= 15 is 0 Å². The van der Waals surface area contributed by atoms with Crippen molar-refractivity contribution in [3.8, 4) is 0 Å². The molecule has 0 spiro atoms. The van der Waals surface area contributed by atoms with Gasteiger partial charge in [-0.2, -0.15) is 17.5 Å². The molecule has 4 rings (SSSR count). The number of fused-ring (bicyclic) bond motifs is 3. The van der Waals surface area contributed by atoms with Crippen LogP contribution in [-0.2, 0) is 21.7 Å². The van der Waals surface area contributed by atoms with Gasteiger partial charge >= 0.3 is 6.18 Å². The molecule has 154 valence electrons. The van der Waals surface area contributed by atoms with Gasteiger partial charge in [-0.25, -0.2) is 8.42 Å². The number of piperazine rings is 1. The van der Waals surface area contributed by atoms with E-state index in [1.807, 2.05) is 0 Å². The normalized spacial score (nSPS) is 22.5. The molecule has 2 aliphatic rings. The van der Waals surface area contributed by atoms with Crippen LogP contribution in [0.2, 0.25) is 0 Å². The number of carbonyl (C=O) groups is 1. The molecule has 29 heavy (non-hydrogen) atoms. The van der Waals surface area contributed by atoms with Crippen molar-refractivity contribution >= 4 is 15.9 Å². The van der Waals surface area contributed by atoms with Crippen LogP contribution in [0.5, 0.6) is 0 Å². The summed E-state index contributed by atoms with van der Waals surface area (Å²) in [4.78, 5) is 18.4. The molecule has 2 aliphatic heterocycles. The minimum Gasteiger partial charge on any atom is -0.325 e. The molecule has 0 bridgehead atoms. The first-order valence-electron chi connectivity index (χ1n) is 8.92. The molecule has 0 radical (unpaired) electrons. The SMILES string of the molecule is Cc1cc(C(F)(F)F)ccc1S(=O)(=O)N1CCN2C(=O)c3cccnc3C2(C)C1. The maximum absolute atomic E-state index is 13.2. The highest BCUT2D eigenvalue weighted by Crippen LogP contribution is 2.41. The fourth-order valence-electron chi connectivity index (χ4n) is 4.11. The molecule has 1 aromatic carbocycles. The number of halogens is 3. The van der Waals surface area contributed by atoms with Gasteiger partial charge in [-0.3, -0.25) is 9.78 Å². The van der Waals surface area contributed by atoms with Gasteiger partial charge in [-0.05, 0) is 49.7 Å². The summed E-state index contributed by atoms with van der Waals surface area (Å²) in [5.41, 5.74) is -0.855. The topological polar surface area (TPSA) is 70.6 Å². The number of sulfonamides is 1. The Bertz CT molecular complexity index is 1120. The van der Waals surface area contributed by atoms with Crippen LogP contribution in [0, 0.1) is 6.92 Å². The predicted octanol–water partition coefficient (Wildman–Crippen LogP) is 2.78. The summed E-state index contributed by atoms with van der Waals surface area (Å²) in [6.45, 7) is 3.30. The number of hydrogen-bond donors (Lipinski definition) is 0. The maximum Gasteiger partial charge on any atom is 0.416 e. The van der Waals surface area contributed by atoms with Crippen LogP contribution in [0.25, 0.3) is 0 Å². The van der Waals surface area contributed by atoms with Crippen LogP contribution in [0.15, 0.2) is 41.4 Å². The fourth-order valence-corrected chi connectivity index (χ4v) is 5.83. The standard InChI is InChI=1S/C19H18F3N3O3S/c1-12-10-13(19(20,21)22)5-6-15(12)29(27,28)24-8-9-25-17(26)14-4-3-7-23-16(14)18(25,2)11-24/h3-7,10H,8-9,11H2,1-2H3. The lowest BCUT2D eigenvalue weighted by Crippen LogP contribution is -2.58. The number of hydrogen-bond acceptors (Lipinski definition) is 4. The largest absolute Gasteiger partial charge is 0.416 e. The molecule has 1 atom stereocenters. The number of benzene rings is 1. The number of amides is 1. The molecular weight excluding hydrogens is 407 g/mol. The lowest BCUT2D eigenvalue weighted by Gasteiger charge is -2.44. The van der Waals surface area contributed by atoms with Crippen LogP contribution >= 0.6 is 0 Å².